The van der Waals surface area contributed by atoms with Crippen LogP contribution in [0.5, 0.6) is 0 Å². The molecule has 0 radical (unpaired) electrons. The number of aliphatic carboxylic acids is 1. The molecule has 0 spiro atoms. The summed E-state index contributed by atoms with van der Waals surface area (Å²) in [6, 6.07) is -1.06. The number of carboxylic acids is 1. The Bertz CT molecular complexity index is 529. The zero-order chi connectivity index (χ0) is 14.0. The van der Waals surface area contributed by atoms with Crippen LogP contribution in [0.25, 0.3) is 0 Å². The SMILES string of the molecule is CCc1nnsc1C(=O)N1CC(=O)NCC1C(=O)O. The molecule has 1 saturated heterocycles. The molecule has 1 aliphatic rings. The molecule has 2 N–H and O–H groups in total. The Balaban J connectivity index is 2.29. The van der Waals surface area contributed by atoms with Crippen molar-refractivity contribution in [2.75, 3.05) is 13.1 Å². The lowest BCUT2D eigenvalue weighted by Crippen LogP contribution is -2.59. The van der Waals surface area contributed by atoms with E-state index in [0.717, 1.165) is 16.4 Å². The first-order valence-electron chi connectivity index (χ1n) is 5.66. The molecular weight excluding hydrogens is 272 g/mol. The number of aromatic nitrogens is 2. The standard InChI is InChI=1S/C10H12N4O4S/c1-2-5-8(19-13-12-5)9(16)14-4-7(15)11-3-6(14)10(17)18/h6H,2-4H2,1H3,(H,11,15)(H,17,18). The van der Waals surface area contributed by atoms with E-state index in [2.05, 4.69) is 14.9 Å². The fourth-order valence-electron chi connectivity index (χ4n) is 1.81. The van der Waals surface area contributed by atoms with Gasteiger partial charge >= 0.3 is 5.97 Å². The Kier molecular flexibility index (Phi) is 3.74. The molecule has 2 amide bonds. The molecule has 0 bridgehead atoms. The minimum Gasteiger partial charge on any atom is -0.480 e. The smallest absolute Gasteiger partial charge is 0.328 e. The van der Waals surface area contributed by atoms with Gasteiger partial charge in [-0.05, 0) is 18.0 Å². The Morgan fingerprint density at radius 1 is 1.58 bits per heavy atom. The second kappa shape index (κ2) is 5.31. The van der Waals surface area contributed by atoms with Crippen LogP contribution in [0, 0.1) is 0 Å². The molecule has 9 heteroatoms. The maximum Gasteiger partial charge on any atom is 0.328 e. The van der Waals surface area contributed by atoms with Crippen molar-refractivity contribution in [3.05, 3.63) is 10.6 Å². The van der Waals surface area contributed by atoms with Gasteiger partial charge in [-0.1, -0.05) is 11.4 Å². The van der Waals surface area contributed by atoms with Gasteiger partial charge in [0.15, 0.2) is 0 Å². The van der Waals surface area contributed by atoms with E-state index >= 15 is 0 Å². The lowest BCUT2D eigenvalue weighted by atomic mass is 10.1. The summed E-state index contributed by atoms with van der Waals surface area (Å²) in [4.78, 5) is 36.1. The number of nitrogens with one attached hydrogen (secondary N) is 1. The van der Waals surface area contributed by atoms with Crippen molar-refractivity contribution in [2.45, 2.75) is 19.4 Å². The van der Waals surface area contributed by atoms with Crippen LogP contribution < -0.4 is 5.32 Å². The summed E-state index contributed by atoms with van der Waals surface area (Å²) in [5.74, 6) is -2.03. The minimum atomic E-state index is -1.15. The van der Waals surface area contributed by atoms with Gasteiger partial charge in [0, 0.05) is 6.54 Å². The lowest BCUT2D eigenvalue weighted by molar-refractivity contribution is -0.144. The van der Waals surface area contributed by atoms with E-state index in [4.69, 9.17) is 5.11 Å². The third-order valence-corrected chi connectivity index (χ3v) is 3.57. The first-order chi connectivity index (χ1) is 9.04. The zero-order valence-electron chi connectivity index (χ0n) is 10.1. The topological polar surface area (TPSA) is 112 Å². The number of hydrogen-bond acceptors (Lipinski definition) is 6. The van der Waals surface area contributed by atoms with Crippen LogP contribution in [0.15, 0.2) is 0 Å². The average molecular weight is 284 g/mol. The maximum atomic E-state index is 12.3. The molecular formula is C10H12N4O4S. The molecule has 1 aromatic rings. The normalized spacial score (nSPS) is 19.1. The summed E-state index contributed by atoms with van der Waals surface area (Å²) in [6.07, 6.45) is 0.523. The van der Waals surface area contributed by atoms with Gasteiger partial charge in [0.05, 0.1) is 5.69 Å². The molecule has 2 heterocycles. The second-order valence-corrected chi connectivity index (χ2v) is 4.75. The van der Waals surface area contributed by atoms with Crippen LogP contribution >= 0.6 is 11.5 Å². The molecule has 0 aromatic carbocycles. The van der Waals surface area contributed by atoms with Crippen molar-refractivity contribution in [1.29, 1.82) is 0 Å². The van der Waals surface area contributed by atoms with Gasteiger partial charge in [0.25, 0.3) is 5.91 Å². The van der Waals surface area contributed by atoms with E-state index in [1.165, 1.54) is 0 Å². The molecule has 8 nitrogen and oxygen atoms in total. The summed E-state index contributed by atoms with van der Waals surface area (Å²) < 4.78 is 3.69. The fourth-order valence-corrected chi connectivity index (χ4v) is 2.52. The van der Waals surface area contributed by atoms with Crippen LogP contribution in [-0.4, -0.2) is 56.5 Å². The summed E-state index contributed by atoms with van der Waals surface area (Å²) in [7, 11) is 0. The van der Waals surface area contributed by atoms with Gasteiger partial charge in [-0.25, -0.2) is 4.79 Å². The van der Waals surface area contributed by atoms with Crippen LogP contribution in [0.1, 0.15) is 22.3 Å². The number of carboxylic acid groups (broad SMARTS) is 1. The Hall–Kier alpha value is -2.03. The van der Waals surface area contributed by atoms with E-state index in [1.807, 2.05) is 6.92 Å². The molecule has 1 fully saturated rings. The lowest BCUT2D eigenvalue weighted by Gasteiger charge is -2.32. The van der Waals surface area contributed by atoms with Crippen molar-refractivity contribution >= 4 is 29.3 Å². The van der Waals surface area contributed by atoms with Crippen molar-refractivity contribution in [1.82, 2.24) is 19.8 Å². The van der Waals surface area contributed by atoms with E-state index < -0.39 is 17.9 Å². The largest absolute Gasteiger partial charge is 0.480 e. The zero-order valence-corrected chi connectivity index (χ0v) is 10.9. The number of piperazine rings is 1. The number of carbonyl (C=O) groups excluding carboxylic acids is 2. The van der Waals surface area contributed by atoms with Crippen molar-refractivity contribution in [3.8, 4) is 0 Å². The highest BCUT2D eigenvalue weighted by molar-refractivity contribution is 7.08. The molecule has 1 unspecified atom stereocenters. The molecule has 2 rings (SSSR count). The predicted octanol–water partition coefficient (Wildman–Crippen LogP) is -0.874. The quantitative estimate of drug-likeness (QED) is 0.745. The van der Waals surface area contributed by atoms with Gasteiger partial charge in [0.2, 0.25) is 5.91 Å². The first-order valence-corrected chi connectivity index (χ1v) is 6.43. The molecule has 102 valence electrons. The number of nitrogens with zero attached hydrogens (tertiary/aromatic N) is 3. The molecule has 1 atom stereocenters. The average Bonchev–Trinajstić information content (AvgIpc) is 2.85. The third kappa shape index (κ3) is 2.55. The van der Waals surface area contributed by atoms with Crippen LogP contribution in [-0.2, 0) is 16.0 Å². The van der Waals surface area contributed by atoms with E-state index in [9.17, 15) is 14.4 Å². The number of rotatable bonds is 3. The fraction of sp³-hybridized carbons (Fsp3) is 0.500. The van der Waals surface area contributed by atoms with Crippen LogP contribution in [0.2, 0.25) is 0 Å². The number of hydrogen-bond donors (Lipinski definition) is 2. The monoisotopic (exact) mass is 284 g/mol. The number of amides is 2. The van der Waals surface area contributed by atoms with Gasteiger partial charge in [-0.2, -0.15) is 0 Å². The Morgan fingerprint density at radius 2 is 2.32 bits per heavy atom. The van der Waals surface area contributed by atoms with Gasteiger partial charge < -0.3 is 15.3 Å². The van der Waals surface area contributed by atoms with Gasteiger partial charge in [-0.15, -0.1) is 5.10 Å². The van der Waals surface area contributed by atoms with E-state index in [-0.39, 0.29) is 19.0 Å². The summed E-state index contributed by atoms with van der Waals surface area (Å²) in [5, 5.41) is 15.3. The molecule has 0 saturated carbocycles. The third-order valence-electron chi connectivity index (χ3n) is 2.81. The number of carbonyl (C=O) groups is 3. The Morgan fingerprint density at radius 3 is 2.95 bits per heavy atom. The maximum absolute atomic E-state index is 12.3. The van der Waals surface area contributed by atoms with Crippen molar-refractivity contribution < 1.29 is 19.5 Å². The summed E-state index contributed by atoms with van der Waals surface area (Å²) in [6.45, 7) is 1.47. The highest BCUT2D eigenvalue weighted by atomic mass is 32.1. The first kappa shape index (κ1) is 13.4. The van der Waals surface area contributed by atoms with Crippen molar-refractivity contribution in [2.24, 2.45) is 0 Å². The second-order valence-electron chi connectivity index (χ2n) is 3.99. The molecule has 1 aromatic heterocycles. The number of aryl methyl sites for hydroxylation is 1. The minimum absolute atomic E-state index is 0.0897. The summed E-state index contributed by atoms with van der Waals surface area (Å²) >= 11 is 0.914. The molecule has 0 aliphatic carbocycles. The van der Waals surface area contributed by atoms with E-state index in [0.29, 0.717) is 17.0 Å². The van der Waals surface area contributed by atoms with Crippen LogP contribution in [0.4, 0.5) is 0 Å². The molecule has 1 aliphatic heterocycles. The van der Waals surface area contributed by atoms with Gasteiger partial charge in [0.1, 0.15) is 17.5 Å². The Labute approximate surface area is 112 Å². The highest BCUT2D eigenvalue weighted by Gasteiger charge is 2.37. The highest BCUT2D eigenvalue weighted by Crippen LogP contribution is 2.17. The van der Waals surface area contributed by atoms with Crippen LogP contribution in [0.3, 0.4) is 0 Å². The van der Waals surface area contributed by atoms with Crippen molar-refractivity contribution in [3.63, 3.8) is 0 Å². The van der Waals surface area contributed by atoms with E-state index in [1.54, 1.807) is 0 Å². The predicted molar refractivity (Wildman–Crippen MR) is 64.8 cm³/mol. The van der Waals surface area contributed by atoms with Gasteiger partial charge in [-0.3, -0.25) is 9.59 Å². The summed E-state index contributed by atoms with van der Waals surface area (Å²) in [5.41, 5.74) is 0.519. The molecule has 19 heavy (non-hydrogen) atoms.